The minimum atomic E-state index is -5.08. The highest BCUT2D eigenvalue weighted by Gasteiger charge is 2.38. The second-order valence-corrected chi connectivity index (χ2v) is 9.69. The molecule has 1 unspecified atom stereocenters. The van der Waals surface area contributed by atoms with Crippen LogP contribution in [0.15, 0.2) is 24.3 Å². The predicted molar refractivity (Wildman–Crippen MR) is 119 cm³/mol. The van der Waals surface area contributed by atoms with Crippen LogP contribution in [-0.4, -0.2) is 76.9 Å². The largest absolute Gasteiger partial charge is 0.490 e. The molecule has 1 amide bonds. The van der Waals surface area contributed by atoms with Gasteiger partial charge in [-0.25, -0.2) is 4.79 Å². The zero-order valence-electron chi connectivity index (χ0n) is 19.6. The van der Waals surface area contributed by atoms with Crippen LogP contribution in [0.4, 0.5) is 13.2 Å². The molecule has 2 fully saturated rings. The van der Waals surface area contributed by atoms with Gasteiger partial charge in [-0.05, 0) is 55.8 Å². The molecule has 3 rings (SSSR count). The number of hydrogen-bond acceptors (Lipinski definition) is 4. The van der Waals surface area contributed by atoms with Gasteiger partial charge in [-0.2, -0.15) is 13.2 Å². The van der Waals surface area contributed by atoms with Crippen LogP contribution in [0.3, 0.4) is 0 Å². The average Bonchev–Trinajstić information content (AvgIpc) is 2.78. The lowest BCUT2D eigenvalue weighted by atomic mass is 9.85. The number of carbonyl (C=O) groups is 2. The van der Waals surface area contributed by atoms with E-state index in [1.165, 1.54) is 25.9 Å². The van der Waals surface area contributed by atoms with Gasteiger partial charge in [-0.15, -0.1) is 0 Å². The van der Waals surface area contributed by atoms with Gasteiger partial charge in [0, 0.05) is 36.7 Å². The first-order valence-corrected chi connectivity index (χ1v) is 11.4. The number of hydrogen-bond donors (Lipinski definition) is 2. The standard InChI is InChI=1S/C22H34N2O2.C2HF3O2/c1-17-5-4-12-24(15-17)20-10-13-23(14-11-20)21(26)18-6-8-19(9-7-18)22(2,3)16-25;3-2(4,5)1(6)7/h6-9,17,20,25H,4-5,10-16H2,1-3H3;(H,6,7). The van der Waals surface area contributed by atoms with Crippen LogP contribution in [0.5, 0.6) is 0 Å². The fourth-order valence-corrected chi connectivity index (χ4v) is 4.33. The number of aliphatic hydroxyl groups is 1. The number of carboxylic acid groups (broad SMARTS) is 1. The molecule has 2 aliphatic rings. The Morgan fingerprint density at radius 3 is 2.03 bits per heavy atom. The van der Waals surface area contributed by atoms with Gasteiger partial charge >= 0.3 is 12.1 Å². The van der Waals surface area contributed by atoms with Crippen molar-refractivity contribution in [2.45, 2.75) is 64.1 Å². The molecule has 2 heterocycles. The zero-order valence-corrected chi connectivity index (χ0v) is 19.6. The van der Waals surface area contributed by atoms with Gasteiger partial charge in [-0.1, -0.05) is 32.9 Å². The summed E-state index contributed by atoms with van der Waals surface area (Å²) in [5.74, 6) is -1.80. The van der Waals surface area contributed by atoms with Crippen LogP contribution in [0.2, 0.25) is 0 Å². The van der Waals surface area contributed by atoms with E-state index in [-0.39, 0.29) is 17.9 Å². The topological polar surface area (TPSA) is 81.1 Å². The Bertz CT molecular complexity index is 788. The molecule has 6 nitrogen and oxygen atoms in total. The van der Waals surface area contributed by atoms with E-state index >= 15 is 0 Å². The highest BCUT2D eigenvalue weighted by atomic mass is 19.4. The molecule has 0 spiro atoms. The lowest BCUT2D eigenvalue weighted by Gasteiger charge is -2.41. The summed E-state index contributed by atoms with van der Waals surface area (Å²) in [5, 5.41) is 16.6. The van der Waals surface area contributed by atoms with Crippen LogP contribution >= 0.6 is 0 Å². The molecule has 2 aliphatic heterocycles. The van der Waals surface area contributed by atoms with Gasteiger partial charge in [0.15, 0.2) is 0 Å². The Morgan fingerprint density at radius 2 is 1.58 bits per heavy atom. The smallest absolute Gasteiger partial charge is 0.475 e. The van der Waals surface area contributed by atoms with Crippen molar-refractivity contribution in [3.05, 3.63) is 35.4 Å². The van der Waals surface area contributed by atoms with Gasteiger partial charge < -0.3 is 15.1 Å². The molecule has 9 heteroatoms. The van der Waals surface area contributed by atoms with E-state index in [1.54, 1.807) is 0 Å². The maximum absolute atomic E-state index is 12.8. The molecule has 1 aromatic rings. The number of alkyl halides is 3. The molecular formula is C24H35F3N2O4. The number of carboxylic acids is 1. The molecule has 1 atom stereocenters. The van der Waals surface area contributed by atoms with Crippen molar-refractivity contribution in [3.8, 4) is 0 Å². The zero-order chi connectivity index (χ0) is 24.8. The number of benzene rings is 1. The lowest BCUT2D eigenvalue weighted by molar-refractivity contribution is -0.192. The first-order chi connectivity index (χ1) is 15.3. The monoisotopic (exact) mass is 472 g/mol. The average molecular weight is 473 g/mol. The number of aliphatic hydroxyl groups excluding tert-OH is 1. The number of amides is 1. The fourth-order valence-electron chi connectivity index (χ4n) is 4.33. The van der Waals surface area contributed by atoms with Crippen LogP contribution in [0.25, 0.3) is 0 Å². The molecule has 0 radical (unpaired) electrons. The van der Waals surface area contributed by atoms with Crippen LogP contribution < -0.4 is 0 Å². The van der Waals surface area contributed by atoms with E-state index in [0.29, 0.717) is 6.04 Å². The molecule has 2 N–H and O–H groups in total. The third-order valence-corrected chi connectivity index (χ3v) is 6.51. The quantitative estimate of drug-likeness (QED) is 0.694. The Labute approximate surface area is 193 Å². The van der Waals surface area contributed by atoms with Gasteiger partial charge in [0.2, 0.25) is 0 Å². The number of rotatable bonds is 4. The van der Waals surface area contributed by atoms with Gasteiger partial charge in [-0.3, -0.25) is 9.69 Å². The minimum Gasteiger partial charge on any atom is -0.475 e. The number of piperidine rings is 2. The summed E-state index contributed by atoms with van der Waals surface area (Å²) >= 11 is 0. The minimum absolute atomic E-state index is 0.100. The molecule has 186 valence electrons. The number of likely N-dealkylation sites (tertiary alicyclic amines) is 2. The summed E-state index contributed by atoms with van der Waals surface area (Å²) in [6.45, 7) is 10.6. The third kappa shape index (κ3) is 7.71. The van der Waals surface area contributed by atoms with Gasteiger partial charge in [0.1, 0.15) is 0 Å². The number of carbonyl (C=O) groups excluding carboxylic acids is 1. The first kappa shape index (κ1) is 27.1. The van der Waals surface area contributed by atoms with E-state index < -0.39 is 12.1 Å². The summed E-state index contributed by atoms with van der Waals surface area (Å²) in [6, 6.07) is 8.42. The highest BCUT2D eigenvalue weighted by Crippen LogP contribution is 2.26. The lowest BCUT2D eigenvalue weighted by Crippen LogP contribution is -2.49. The van der Waals surface area contributed by atoms with Crippen molar-refractivity contribution in [3.63, 3.8) is 0 Å². The number of aliphatic carboxylic acids is 1. The van der Waals surface area contributed by atoms with Crippen molar-refractivity contribution in [2.24, 2.45) is 5.92 Å². The Hall–Kier alpha value is -2.13. The molecule has 0 aromatic heterocycles. The fraction of sp³-hybridized carbons (Fsp3) is 0.667. The van der Waals surface area contributed by atoms with E-state index in [4.69, 9.17) is 9.90 Å². The van der Waals surface area contributed by atoms with E-state index in [2.05, 4.69) is 11.8 Å². The molecule has 0 aliphatic carbocycles. The maximum atomic E-state index is 12.8. The summed E-state index contributed by atoms with van der Waals surface area (Å²) in [6.07, 6.45) is -0.226. The van der Waals surface area contributed by atoms with Crippen molar-refractivity contribution in [1.29, 1.82) is 0 Å². The Morgan fingerprint density at radius 1 is 1.03 bits per heavy atom. The summed E-state index contributed by atoms with van der Waals surface area (Å²) in [7, 11) is 0. The molecule has 0 bridgehead atoms. The van der Waals surface area contributed by atoms with Crippen molar-refractivity contribution in [1.82, 2.24) is 9.80 Å². The van der Waals surface area contributed by atoms with E-state index in [9.17, 15) is 23.1 Å². The Balaban J connectivity index is 0.000000479. The SMILES string of the molecule is CC1CCCN(C2CCN(C(=O)c3ccc(C(C)(C)CO)cc3)CC2)C1.O=C(O)C(F)(F)F. The van der Waals surface area contributed by atoms with Gasteiger partial charge in [0.25, 0.3) is 5.91 Å². The molecule has 0 saturated carbocycles. The second-order valence-electron chi connectivity index (χ2n) is 9.69. The van der Waals surface area contributed by atoms with Crippen molar-refractivity contribution < 1.29 is 33.0 Å². The first-order valence-electron chi connectivity index (χ1n) is 11.4. The van der Waals surface area contributed by atoms with Crippen LogP contribution in [0, 0.1) is 5.92 Å². The number of halogens is 3. The second kappa shape index (κ2) is 11.3. The number of nitrogens with zero attached hydrogens (tertiary/aromatic N) is 2. The van der Waals surface area contributed by atoms with Crippen LogP contribution in [-0.2, 0) is 10.2 Å². The summed E-state index contributed by atoms with van der Waals surface area (Å²) in [4.78, 5) is 26.4. The molecule has 1 aromatic carbocycles. The Kier molecular flexibility index (Phi) is 9.31. The van der Waals surface area contributed by atoms with Crippen molar-refractivity contribution >= 4 is 11.9 Å². The highest BCUT2D eigenvalue weighted by molar-refractivity contribution is 5.94. The maximum Gasteiger partial charge on any atom is 0.490 e. The van der Waals surface area contributed by atoms with Crippen LogP contribution in [0.1, 0.15) is 62.4 Å². The molecular weight excluding hydrogens is 437 g/mol. The normalized spacial score (nSPS) is 20.7. The molecule has 33 heavy (non-hydrogen) atoms. The molecule has 2 saturated heterocycles. The summed E-state index contributed by atoms with van der Waals surface area (Å²) in [5.41, 5.74) is 1.55. The predicted octanol–water partition coefficient (Wildman–Crippen LogP) is 3.93. The van der Waals surface area contributed by atoms with E-state index in [1.807, 2.05) is 43.0 Å². The third-order valence-electron chi connectivity index (χ3n) is 6.51. The summed E-state index contributed by atoms with van der Waals surface area (Å²) < 4.78 is 31.7. The van der Waals surface area contributed by atoms with Gasteiger partial charge in [0.05, 0.1) is 6.61 Å². The van der Waals surface area contributed by atoms with E-state index in [0.717, 1.165) is 43.0 Å². The van der Waals surface area contributed by atoms with Crippen molar-refractivity contribution in [2.75, 3.05) is 32.8 Å².